The van der Waals surface area contributed by atoms with Crippen molar-refractivity contribution in [3.05, 3.63) is 71.3 Å². The SMILES string of the molecule is O=C(CCCCON1C(=O)c2ccccc2C1=O)c1ccccc1. The van der Waals surface area contributed by atoms with Crippen molar-refractivity contribution >= 4 is 17.6 Å². The Bertz CT molecular complexity index is 735. The number of Topliss-reactive ketones (excluding diaryl/α,β-unsaturated/α-hetero) is 1. The van der Waals surface area contributed by atoms with Gasteiger partial charge in [-0.1, -0.05) is 42.5 Å². The first-order valence-electron chi connectivity index (χ1n) is 7.87. The molecule has 1 aliphatic rings. The fourth-order valence-electron chi connectivity index (χ4n) is 2.60. The van der Waals surface area contributed by atoms with Gasteiger partial charge < -0.3 is 0 Å². The van der Waals surface area contributed by atoms with Crippen LogP contribution in [0.2, 0.25) is 0 Å². The molecule has 0 radical (unpaired) electrons. The van der Waals surface area contributed by atoms with E-state index in [1.807, 2.05) is 18.2 Å². The predicted octanol–water partition coefficient (Wildman–Crippen LogP) is 3.27. The summed E-state index contributed by atoms with van der Waals surface area (Å²) >= 11 is 0. The Labute approximate surface area is 139 Å². The quantitative estimate of drug-likeness (QED) is 0.446. The summed E-state index contributed by atoms with van der Waals surface area (Å²) in [7, 11) is 0. The second-order valence-corrected chi connectivity index (χ2v) is 5.53. The lowest BCUT2D eigenvalue weighted by Crippen LogP contribution is -2.30. The van der Waals surface area contributed by atoms with Crippen LogP contribution in [0.15, 0.2) is 54.6 Å². The van der Waals surface area contributed by atoms with Crippen LogP contribution in [0.1, 0.15) is 50.3 Å². The van der Waals surface area contributed by atoms with E-state index >= 15 is 0 Å². The molecule has 0 aliphatic carbocycles. The monoisotopic (exact) mass is 323 g/mol. The number of unbranched alkanes of at least 4 members (excludes halogenated alkanes) is 1. The molecule has 0 aromatic heterocycles. The first kappa shape index (κ1) is 16.1. The Kier molecular flexibility index (Phi) is 4.82. The van der Waals surface area contributed by atoms with Gasteiger partial charge in [-0.25, -0.2) is 0 Å². The molecule has 5 heteroatoms. The van der Waals surface area contributed by atoms with E-state index in [2.05, 4.69) is 0 Å². The Morgan fingerprint density at radius 1 is 0.833 bits per heavy atom. The number of imide groups is 1. The summed E-state index contributed by atoms with van der Waals surface area (Å²) in [5, 5.41) is 0.809. The molecule has 24 heavy (non-hydrogen) atoms. The van der Waals surface area contributed by atoms with Gasteiger partial charge in [-0.3, -0.25) is 19.2 Å². The topological polar surface area (TPSA) is 63.7 Å². The number of fused-ring (bicyclic) bond motifs is 1. The van der Waals surface area contributed by atoms with E-state index in [-0.39, 0.29) is 12.4 Å². The average molecular weight is 323 g/mol. The smallest absolute Gasteiger partial charge is 0.285 e. The standard InChI is InChI=1S/C19H17NO4/c21-17(14-8-2-1-3-9-14)12-6-7-13-24-20-18(22)15-10-4-5-11-16(15)19(20)23/h1-5,8-11H,6-7,12-13H2. The normalized spacial score (nSPS) is 13.2. The van der Waals surface area contributed by atoms with E-state index in [4.69, 9.17) is 4.84 Å². The van der Waals surface area contributed by atoms with Crippen LogP contribution in [0.5, 0.6) is 0 Å². The molecule has 0 spiro atoms. The number of amides is 2. The largest absolute Gasteiger partial charge is 0.294 e. The lowest BCUT2D eigenvalue weighted by atomic mass is 10.1. The third-order valence-corrected chi connectivity index (χ3v) is 3.87. The van der Waals surface area contributed by atoms with Gasteiger partial charge in [0, 0.05) is 12.0 Å². The molecule has 0 saturated carbocycles. The number of benzene rings is 2. The third kappa shape index (κ3) is 3.26. The minimum Gasteiger partial charge on any atom is -0.294 e. The van der Waals surface area contributed by atoms with Crippen molar-refractivity contribution in [3.63, 3.8) is 0 Å². The molecule has 2 amide bonds. The van der Waals surface area contributed by atoms with Crippen molar-refractivity contribution < 1.29 is 19.2 Å². The van der Waals surface area contributed by atoms with Crippen molar-refractivity contribution in [1.29, 1.82) is 0 Å². The molecule has 1 aliphatic heterocycles. The van der Waals surface area contributed by atoms with Crippen LogP contribution in [0.25, 0.3) is 0 Å². The molecule has 2 aromatic rings. The summed E-state index contributed by atoms with van der Waals surface area (Å²) in [5.74, 6) is -0.789. The number of hydrogen-bond acceptors (Lipinski definition) is 4. The molecular formula is C19H17NO4. The number of hydroxylamine groups is 2. The highest BCUT2D eigenvalue weighted by atomic mass is 16.7. The number of carbonyl (C=O) groups is 3. The van der Waals surface area contributed by atoms with Crippen LogP contribution < -0.4 is 0 Å². The maximum atomic E-state index is 12.1. The molecule has 122 valence electrons. The van der Waals surface area contributed by atoms with Crippen LogP contribution in [0, 0.1) is 0 Å². The molecule has 0 bridgehead atoms. The van der Waals surface area contributed by atoms with Crippen LogP contribution in [0.4, 0.5) is 0 Å². The summed E-state index contributed by atoms with van der Waals surface area (Å²) < 4.78 is 0. The average Bonchev–Trinajstić information content (AvgIpc) is 2.87. The van der Waals surface area contributed by atoms with Gasteiger partial charge >= 0.3 is 0 Å². The summed E-state index contributed by atoms with van der Waals surface area (Å²) in [6, 6.07) is 15.7. The Morgan fingerprint density at radius 2 is 1.42 bits per heavy atom. The van der Waals surface area contributed by atoms with Gasteiger partial charge in [0.15, 0.2) is 5.78 Å². The summed E-state index contributed by atoms with van der Waals surface area (Å²) in [5.41, 5.74) is 1.42. The fourth-order valence-corrected chi connectivity index (χ4v) is 2.60. The van der Waals surface area contributed by atoms with Crippen molar-refractivity contribution in [1.82, 2.24) is 5.06 Å². The molecule has 0 saturated heterocycles. The molecule has 2 aromatic carbocycles. The Balaban J connectivity index is 1.44. The second kappa shape index (κ2) is 7.19. The lowest BCUT2D eigenvalue weighted by Gasteiger charge is -2.13. The molecule has 0 fully saturated rings. The Morgan fingerprint density at radius 3 is 2.04 bits per heavy atom. The minimum atomic E-state index is -0.434. The molecule has 3 rings (SSSR count). The molecular weight excluding hydrogens is 306 g/mol. The molecule has 0 atom stereocenters. The molecule has 0 unspecified atom stereocenters. The zero-order valence-electron chi connectivity index (χ0n) is 13.1. The van der Waals surface area contributed by atoms with Crippen molar-refractivity contribution in [3.8, 4) is 0 Å². The third-order valence-electron chi connectivity index (χ3n) is 3.87. The molecule has 1 heterocycles. The summed E-state index contributed by atoms with van der Waals surface area (Å²) in [4.78, 5) is 41.5. The molecule has 5 nitrogen and oxygen atoms in total. The second-order valence-electron chi connectivity index (χ2n) is 5.53. The van der Waals surface area contributed by atoms with Gasteiger partial charge in [0.05, 0.1) is 17.7 Å². The van der Waals surface area contributed by atoms with E-state index in [0.29, 0.717) is 36.0 Å². The van der Waals surface area contributed by atoms with Gasteiger partial charge in [0.2, 0.25) is 0 Å². The maximum Gasteiger partial charge on any atom is 0.285 e. The van der Waals surface area contributed by atoms with Crippen LogP contribution in [-0.4, -0.2) is 29.3 Å². The maximum absolute atomic E-state index is 12.1. The van der Waals surface area contributed by atoms with Crippen molar-refractivity contribution in [2.24, 2.45) is 0 Å². The highest BCUT2D eigenvalue weighted by Crippen LogP contribution is 2.22. The number of nitrogens with zero attached hydrogens (tertiary/aromatic N) is 1. The molecule has 0 N–H and O–H groups in total. The van der Waals surface area contributed by atoms with E-state index in [9.17, 15) is 14.4 Å². The first-order chi connectivity index (χ1) is 11.7. The number of ketones is 1. The predicted molar refractivity (Wildman–Crippen MR) is 87.5 cm³/mol. The van der Waals surface area contributed by atoms with E-state index in [1.54, 1.807) is 36.4 Å². The number of hydrogen-bond donors (Lipinski definition) is 0. The first-order valence-corrected chi connectivity index (χ1v) is 7.87. The van der Waals surface area contributed by atoms with E-state index in [0.717, 1.165) is 5.06 Å². The van der Waals surface area contributed by atoms with Gasteiger partial charge in [-0.05, 0) is 25.0 Å². The highest BCUT2D eigenvalue weighted by Gasteiger charge is 2.36. The summed E-state index contributed by atoms with van der Waals surface area (Å²) in [6.45, 7) is 0.216. The fraction of sp³-hybridized carbons (Fsp3) is 0.211. The van der Waals surface area contributed by atoms with Gasteiger partial charge in [-0.2, -0.15) is 0 Å². The highest BCUT2D eigenvalue weighted by molar-refractivity contribution is 6.20. The zero-order valence-corrected chi connectivity index (χ0v) is 13.1. The Hall–Kier alpha value is -2.79. The minimum absolute atomic E-state index is 0.0799. The van der Waals surface area contributed by atoms with Crippen molar-refractivity contribution in [2.45, 2.75) is 19.3 Å². The van der Waals surface area contributed by atoms with Gasteiger partial charge in [0.25, 0.3) is 11.8 Å². The zero-order chi connectivity index (χ0) is 16.9. The van der Waals surface area contributed by atoms with E-state index < -0.39 is 11.8 Å². The number of carbonyl (C=O) groups excluding carboxylic acids is 3. The van der Waals surface area contributed by atoms with Crippen molar-refractivity contribution in [2.75, 3.05) is 6.61 Å². The summed E-state index contributed by atoms with van der Waals surface area (Å²) in [6.07, 6.45) is 1.64. The van der Waals surface area contributed by atoms with Crippen LogP contribution >= 0.6 is 0 Å². The van der Waals surface area contributed by atoms with E-state index in [1.165, 1.54) is 0 Å². The number of rotatable bonds is 7. The van der Waals surface area contributed by atoms with Crippen LogP contribution in [-0.2, 0) is 4.84 Å². The van der Waals surface area contributed by atoms with Gasteiger partial charge in [0.1, 0.15) is 0 Å². The van der Waals surface area contributed by atoms with Crippen LogP contribution in [0.3, 0.4) is 0 Å². The van der Waals surface area contributed by atoms with Gasteiger partial charge in [-0.15, -0.1) is 5.06 Å². The lowest BCUT2D eigenvalue weighted by molar-refractivity contribution is -0.0922.